The highest BCUT2D eigenvalue weighted by atomic mass is 79.9. The summed E-state index contributed by atoms with van der Waals surface area (Å²) in [6, 6.07) is 4.86. The van der Waals surface area contributed by atoms with E-state index in [1.807, 2.05) is 19.2 Å². The van der Waals surface area contributed by atoms with Crippen molar-refractivity contribution >= 4 is 27.3 Å². The molecule has 18 heavy (non-hydrogen) atoms. The number of rotatable bonds is 3. The highest BCUT2D eigenvalue weighted by molar-refractivity contribution is 9.10. The standard InChI is InChI=1S/C13H14BrFN2S/c1-13(2,7-16)11-6-18-12(17-11)9-5-8(14)3-4-10(9)15/h3-6H,7,16H2,1-2H3. The maximum absolute atomic E-state index is 13.8. The third-order valence-corrected chi connectivity index (χ3v) is 4.24. The Bertz CT molecular complexity index is 566. The number of hydrogen-bond acceptors (Lipinski definition) is 3. The maximum Gasteiger partial charge on any atom is 0.133 e. The summed E-state index contributed by atoms with van der Waals surface area (Å²) in [5, 5.41) is 2.63. The Morgan fingerprint density at radius 3 is 2.83 bits per heavy atom. The summed E-state index contributed by atoms with van der Waals surface area (Å²) in [6.45, 7) is 4.57. The summed E-state index contributed by atoms with van der Waals surface area (Å²) in [4.78, 5) is 4.50. The van der Waals surface area contributed by atoms with Gasteiger partial charge in [-0.1, -0.05) is 29.8 Å². The molecule has 0 saturated heterocycles. The van der Waals surface area contributed by atoms with Crippen LogP contribution in [-0.2, 0) is 5.41 Å². The second-order valence-corrected chi connectivity index (χ2v) is 6.52. The van der Waals surface area contributed by atoms with Crippen LogP contribution in [-0.4, -0.2) is 11.5 Å². The minimum atomic E-state index is -0.260. The Kier molecular flexibility index (Phi) is 3.84. The highest BCUT2D eigenvalue weighted by Gasteiger charge is 2.22. The van der Waals surface area contributed by atoms with Crippen LogP contribution in [0.15, 0.2) is 28.1 Å². The molecular weight excluding hydrogens is 315 g/mol. The Morgan fingerprint density at radius 1 is 1.44 bits per heavy atom. The Hall–Kier alpha value is -0.780. The van der Waals surface area contributed by atoms with Gasteiger partial charge in [0.05, 0.1) is 5.69 Å². The molecule has 5 heteroatoms. The summed E-state index contributed by atoms with van der Waals surface area (Å²) in [5.41, 5.74) is 6.97. The van der Waals surface area contributed by atoms with Crippen LogP contribution >= 0.6 is 27.3 Å². The molecule has 0 atom stereocenters. The highest BCUT2D eigenvalue weighted by Crippen LogP contribution is 2.32. The van der Waals surface area contributed by atoms with Gasteiger partial charge in [0, 0.05) is 27.4 Å². The van der Waals surface area contributed by atoms with E-state index in [0.717, 1.165) is 10.2 Å². The van der Waals surface area contributed by atoms with Gasteiger partial charge in [-0.2, -0.15) is 0 Å². The van der Waals surface area contributed by atoms with Crippen LogP contribution in [0.2, 0.25) is 0 Å². The average Bonchev–Trinajstić information content (AvgIpc) is 2.82. The van der Waals surface area contributed by atoms with Crippen molar-refractivity contribution in [2.45, 2.75) is 19.3 Å². The normalized spacial score (nSPS) is 11.8. The summed E-state index contributed by atoms with van der Waals surface area (Å²) < 4.78 is 14.6. The number of aromatic nitrogens is 1. The molecule has 0 fully saturated rings. The van der Waals surface area contributed by atoms with E-state index in [1.54, 1.807) is 12.1 Å². The van der Waals surface area contributed by atoms with Gasteiger partial charge in [-0.05, 0) is 18.2 Å². The molecule has 0 aliphatic carbocycles. The fraction of sp³-hybridized carbons (Fsp3) is 0.308. The first-order valence-electron chi connectivity index (χ1n) is 5.55. The Balaban J connectivity index is 2.44. The summed E-state index contributed by atoms with van der Waals surface area (Å²) >= 11 is 4.78. The maximum atomic E-state index is 13.8. The number of nitrogens with two attached hydrogens (primary N) is 1. The first-order chi connectivity index (χ1) is 8.44. The largest absolute Gasteiger partial charge is 0.330 e. The van der Waals surface area contributed by atoms with Crippen molar-refractivity contribution in [3.63, 3.8) is 0 Å². The van der Waals surface area contributed by atoms with Gasteiger partial charge in [0.15, 0.2) is 0 Å². The molecule has 2 N–H and O–H groups in total. The van der Waals surface area contributed by atoms with Crippen molar-refractivity contribution in [3.8, 4) is 10.6 Å². The lowest BCUT2D eigenvalue weighted by Gasteiger charge is -2.19. The van der Waals surface area contributed by atoms with Gasteiger partial charge >= 0.3 is 0 Å². The smallest absolute Gasteiger partial charge is 0.133 e. The number of halogens is 2. The zero-order valence-electron chi connectivity index (χ0n) is 10.2. The van der Waals surface area contributed by atoms with Gasteiger partial charge in [0.25, 0.3) is 0 Å². The van der Waals surface area contributed by atoms with E-state index in [0.29, 0.717) is 17.1 Å². The first kappa shape index (κ1) is 13.6. The van der Waals surface area contributed by atoms with Crippen LogP contribution < -0.4 is 5.73 Å². The minimum Gasteiger partial charge on any atom is -0.330 e. The lowest BCUT2D eigenvalue weighted by Crippen LogP contribution is -2.28. The van der Waals surface area contributed by atoms with Crippen molar-refractivity contribution in [1.82, 2.24) is 4.98 Å². The van der Waals surface area contributed by atoms with Crippen molar-refractivity contribution in [2.75, 3.05) is 6.54 Å². The molecule has 0 bridgehead atoms. The predicted octanol–water partition coefficient (Wildman–Crippen LogP) is 3.95. The third-order valence-electron chi connectivity index (χ3n) is 2.87. The van der Waals surface area contributed by atoms with Gasteiger partial charge in [-0.25, -0.2) is 9.37 Å². The van der Waals surface area contributed by atoms with Gasteiger partial charge in [-0.15, -0.1) is 11.3 Å². The summed E-state index contributed by atoms with van der Waals surface area (Å²) in [6.07, 6.45) is 0. The zero-order valence-corrected chi connectivity index (χ0v) is 12.6. The molecule has 0 radical (unpaired) electrons. The van der Waals surface area contributed by atoms with Gasteiger partial charge in [0.1, 0.15) is 10.8 Å². The molecule has 1 aromatic carbocycles. The number of benzene rings is 1. The molecule has 0 spiro atoms. The van der Waals surface area contributed by atoms with Crippen LogP contribution in [0.1, 0.15) is 19.5 Å². The molecule has 1 aromatic heterocycles. The molecule has 0 amide bonds. The number of nitrogens with zero attached hydrogens (tertiary/aromatic N) is 1. The van der Waals surface area contributed by atoms with Gasteiger partial charge < -0.3 is 5.73 Å². The monoisotopic (exact) mass is 328 g/mol. The zero-order chi connectivity index (χ0) is 13.3. The van der Waals surface area contributed by atoms with E-state index in [1.165, 1.54) is 17.4 Å². The van der Waals surface area contributed by atoms with Gasteiger partial charge in [-0.3, -0.25) is 0 Å². The minimum absolute atomic E-state index is 0.183. The topological polar surface area (TPSA) is 38.9 Å². The average molecular weight is 329 g/mol. The van der Waals surface area contributed by atoms with Crippen LogP contribution in [0.5, 0.6) is 0 Å². The van der Waals surface area contributed by atoms with Crippen LogP contribution in [0, 0.1) is 5.82 Å². The number of hydrogen-bond donors (Lipinski definition) is 1. The van der Waals surface area contributed by atoms with E-state index < -0.39 is 0 Å². The molecule has 2 aromatic rings. The Morgan fingerprint density at radius 2 is 2.17 bits per heavy atom. The summed E-state index contributed by atoms with van der Waals surface area (Å²) in [7, 11) is 0. The molecule has 0 unspecified atom stereocenters. The van der Waals surface area contributed by atoms with E-state index in [2.05, 4.69) is 20.9 Å². The molecule has 0 saturated carbocycles. The van der Waals surface area contributed by atoms with E-state index >= 15 is 0 Å². The molecular formula is C13H14BrFN2S. The Labute approximate surface area is 118 Å². The second kappa shape index (κ2) is 5.07. The third kappa shape index (κ3) is 2.63. The quantitative estimate of drug-likeness (QED) is 0.926. The lowest BCUT2D eigenvalue weighted by molar-refractivity contribution is 0.525. The SMILES string of the molecule is CC(C)(CN)c1csc(-c2cc(Br)ccc2F)n1. The second-order valence-electron chi connectivity index (χ2n) is 4.75. The van der Waals surface area contributed by atoms with Crippen molar-refractivity contribution in [1.29, 1.82) is 0 Å². The number of thiazole rings is 1. The molecule has 0 aliphatic rings. The van der Waals surface area contributed by atoms with E-state index in [-0.39, 0.29) is 11.2 Å². The fourth-order valence-electron chi connectivity index (χ4n) is 1.47. The molecule has 2 rings (SSSR count). The molecule has 0 aliphatic heterocycles. The fourth-order valence-corrected chi connectivity index (χ4v) is 2.86. The lowest BCUT2D eigenvalue weighted by atomic mass is 9.90. The van der Waals surface area contributed by atoms with Gasteiger partial charge in [0.2, 0.25) is 0 Å². The first-order valence-corrected chi connectivity index (χ1v) is 7.23. The van der Waals surface area contributed by atoms with E-state index in [4.69, 9.17) is 5.73 Å². The van der Waals surface area contributed by atoms with Crippen LogP contribution in [0.4, 0.5) is 4.39 Å². The predicted molar refractivity (Wildman–Crippen MR) is 77.3 cm³/mol. The van der Waals surface area contributed by atoms with Crippen molar-refractivity contribution in [2.24, 2.45) is 5.73 Å². The van der Waals surface area contributed by atoms with Crippen LogP contribution in [0.3, 0.4) is 0 Å². The molecule has 2 nitrogen and oxygen atoms in total. The van der Waals surface area contributed by atoms with Crippen molar-refractivity contribution in [3.05, 3.63) is 39.6 Å². The van der Waals surface area contributed by atoms with Crippen LogP contribution in [0.25, 0.3) is 10.6 Å². The summed E-state index contributed by atoms with van der Waals surface area (Å²) in [5.74, 6) is -0.260. The molecule has 1 heterocycles. The van der Waals surface area contributed by atoms with E-state index in [9.17, 15) is 4.39 Å². The molecule has 96 valence electrons. The van der Waals surface area contributed by atoms with Crippen molar-refractivity contribution < 1.29 is 4.39 Å².